The Bertz CT molecular complexity index is 201. The fraction of sp³-hybridized carbons (Fsp3) is 0.727. The number of ether oxygens (including phenoxy) is 2. The highest BCUT2D eigenvalue weighted by Gasteiger charge is 2.27. The molecule has 0 saturated heterocycles. The average Bonchev–Trinajstić information content (AvgIpc) is 2.19. The van der Waals surface area contributed by atoms with Gasteiger partial charge in [-0.3, -0.25) is 4.79 Å². The molecule has 0 radical (unpaired) electrons. The van der Waals surface area contributed by atoms with Gasteiger partial charge < -0.3 is 9.47 Å². The van der Waals surface area contributed by atoms with Gasteiger partial charge in [-0.15, -0.1) is 6.58 Å². The summed E-state index contributed by atoms with van der Waals surface area (Å²) in [5.41, 5.74) is 0. The molecule has 0 unspecified atom stereocenters. The van der Waals surface area contributed by atoms with Gasteiger partial charge in [0.25, 0.3) is 0 Å². The van der Waals surface area contributed by atoms with E-state index in [4.69, 9.17) is 9.47 Å². The van der Waals surface area contributed by atoms with Gasteiger partial charge in [0.1, 0.15) is 12.6 Å². The third kappa shape index (κ3) is 3.24. The molecule has 0 aliphatic heterocycles. The minimum atomic E-state index is 0.114. The summed E-state index contributed by atoms with van der Waals surface area (Å²) in [5.74, 6) is 0.463. The van der Waals surface area contributed by atoms with Crippen molar-refractivity contribution in [3.05, 3.63) is 12.7 Å². The molecule has 1 rings (SSSR count). The molecule has 0 aromatic carbocycles. The number of carbonyl (C=O) groups excluding carboxylic acids is 1. The van der Waals surface area contributed by atoms with Crippen molar-refractivity contribution in [1.29, 1.82) is 0 Å². The van der Waals surface area contributed by atoms with E-state index in [0.717, 1.165) is 19.3 Å². The highest BCUT2D eigenvalue weighted by molar-refractivity contribution is 5.81. The second kappa shape index (κ2) is 5.94. The van der Waals surface area contributed by atoms with E-state index >= 15 is 0 Å². The Morgan fingerprint density at radius 3 is 3.07 bits per heavy atom. The minimum Gasteiger partial charge on any atom is -0.359 e. The summed E-state index contributed by atoms with van der Waals surface area (Å²) < 4.78 is 10.3. The molecule has 1 aliphatic carbocycles. The zero-order valence-electron chi connectivity index (χ0n) is 8.70. The van der Waals surface area contributed by atoms with Gasteiger partial charge in [0.05, 0.1) is 6.10 Å². The second-order valence-electron chi connectivity index (χ2n) is 3.66. The summed E-state index contributed by atoms with van der Waals surface area (Å²) in [6, 6.07) is 0. The van der Waals surface area contributed by atoms with Crippen LogP contribution in [0.25, 0.3) is 0 Å². The molecule has 3 nitrogen and oxygen atoms in total. The lowest BCUT2D eigenvalue weighted by atomic mass is 9.84. The van der Waals surface area contributed by atoms with Gasteiger partial charge in [-0.25, -0.2) is 0 Å². The zero-order chi connectivity index (χ0) is 10.4. The molecule has 2 atom stereocenters. The molecule has 0 spiro atoms. The van der Waals surface area contributed by atoms with Crippen LogP contribution in [0.3, 0.4) is 0 Å². The Labute approximate surface area is 85.1 Å². The molecule has 1 saturated carbocycles. The largest absolute Gasteiger partial charge is 0.359 e. The predicted molar refractivity (Wildman–Crippen MR) is 53.9 cm³/mol. The summed E-state index contributed by atoms with van der Waals surface area (Å²) in [6.45, 7) is 3.98. The maximum atomic E-state index is 11.5. The van der Waals surface area contributed by atoms with Crippen molar-refractivity contribution in [2.45, 2.75) is 31.8 Å². The first-order valence-corrected chi connectivity index (χ1v) is 5.02. The summed E-state index contributed by atoms with van der Waals surface area (Å²) in [5, 5.41) is 0. The highest BCUT2D eigenvalue weighted by atomic mass is 16.7. The highest BCUT2D eigenvalue weighted by Crippen LogP contribution is 2.26. The molecule has 80 valence electrons. The molecule has 14 heavy (non-hydrogen) atoms. The lowest BCUT2D eigenvalue weighted by Gasteiger charge is -2.27. The summed E-state index contributed by atoms with van der Waals surface area (Å²) in [7, 11) is 1.61. The maximum Gasteiger partial charge on any atom is 0.146 e. The number of methoxy groups -OCH3 is 1. The van der Waals surface area contributed by atoms with Crippen molar-refractivity contribution < 1.29 is 14.3 Å². The maximum absolute atomic E-state index is 11.5. The summed E-state index contributed by atoms with van der Waals surface area (Å²) >= 11 is 0. The smallest absolute Gasteiger partial charge is 0.146 e. The second-order valence-corrected chi connectivity index (χ2v) is 3.66. The molecule has 0 bridgehead atoms. The van der Waals surface area contributed by atoms with E-state index in [0.29, 0.717) is 19.0 Å². The lowest BCUT2D eigenvalue weighted by Crippen LogP contribution is -2.30. The van der Waals surface area contributed by atoms with Crippen LogP contribution in [0.1, 0.15) is 25.7 Å². The Balaban J connectivity index is 2.36. The molecular weight excluding hydrogens is 180 g/mol. The fourth-order valence-electron chi connectivity index (χ4n) is 1.82. The van der Waals surface area contributed by atoms with E-state index in [9.17, 15) is 4.79 Å². The van der Waals surface area contributed by atoms with E-state index in [1.165, 1.54) is 0 Å². The van der Waals surface area contributed by atoms with Gasteiger partial charge >= 0.3 is 0 Å². The molecule has 0 aromatic rings. The Morgan fingerprint density at radius 2 is 2.43 bits per heavy atom. The minimum absolute atomic E-state index is 0.114. The van der Waals surface area contributed by atoms with Crippen molar-refractivity contribution in [2.75, 3.05) is 13.9 Å². The average molecular weight is 198 g/mol. The van der Waals surface area contributed by atoms with Crippen LogP contribution in [0.2, 0.25) is 0 Å². The first kappa shape index (κ1) is 11.4. The molecule has 0 aromatic heterocycles. The molecule has 0 heterocycles. The number of ketones is 1. The van der Waals surface area contributed by atoms with Gasteiger partial charge in [0.2, 0.25) is 0 Å². The third-order valence-corrected chi connectivity index (χ3v) is 2.59. The first-order chi connectivity index (χ1) is 6.77. The van der Waals surface area contributed by atoms with Crippen LogP contribution < -0.4 is 0 Å². The van der Waals surface area contributed by atoms with Crippen molar-refractivity contribution >= 4 is 5.78 Å². The van der Waals surface area contributed by atoms with Gasteiger partial charge in [-0.2, -0.15) is 0 Å². The lowest BCUT2D eigenvalue weighted by molar-refractivity contribution is -0.133. The van der Waals surface area contributed by atoms with Crippen LogP contribution in [0.5, 0.6) is 0 Å². The number of hydrogen-bond donors (Lipinski definition) is 0. The standard InChI is InChI=1S/C11H18O3/c1-3-4-9-7-10(14-8-13-2)5-6-11(9)12/h3,9-10H,1,4-8H2,2H3/t9-,10-/m0/s1. The Kier molecular flexibility index (Phi) is 4.84. The van der Waals surface area contributed by atoms with Crippen LogP contribution in [0.15, 0.2) is 12.7 Å². The van der Waals surface area contributed by atoms with E-state index in [1.807, 2.05) is 0 Å². The van der Waals surface area contributed by atoms with Gasteiger partial charge in [0.15, 0.2) is 0 Å². The van der Waals surface area contributed by atoms with E-state index in [2.05, 4.69) is 6.58 Å². The number of rotatable bonds is 5. The van der Waals surface area contributed by atoms with Gasteiger partial charge in [-0.1, -0.05) is 6.08 Å². The molecule has 0 N–H and O–H groups in total. The van der Waals surface area contributed by atoms with Crippen molar-refractivity contribution in [3.8, 4) is 0 Å². The first-order valence-electron chi connectivity index (χ1n) is 5.02. The van der Waals surface area contributed by atoms with E-state index in [-0.39, 0.29) is 12.0 Å². The number of hydrogen-bond acceptors (Lipinski definition) is 3. The van der Waals surface area contributed by atoms with Crippen molar-refractivity contribution in [2.24, 2.45) is 5.92 Å². The summed E-state index contributed by atoms with van der Waals surface area (Å²) in [6.07, 6.45) is 5.03. The number of Topliss-reactive ketones (excluding diaryl/α,β-unsaturated/α-hetero) is 1. The van der Waals surface area contributed by atoms with Gasteiger partial charge in [-0.05, 0) is 19.3 Å². The van der Waals surface area contributed by atoms with Crippen LogP contribution in [0, 0.1) is 5.92 Å². The number of carbonyl (C=O) groups is 1. The molecular formula is C11H18O3. The van der Waals surface area contributed by atoms with Gasteiger partial charge in [0, 0.05) is 19.4 Å². The SMILES string of the molecule is C=CC[C@H]1C[C@@H](OCOC)CCC1=O. The monoisotopic (exact) mass is 198 g/mol. The summed E-state index contributed by atoms with van der Waals surface area (Å²) in [4.78, 5) is 11.5. The van der Waals surface area contributed by atoms with Crippen LogP contribution in [-0.2, 0) is 14.3 Å². The zero-order valence-corrected chi connectivity index (χ0v) is 8.70. The molecule has 0 amide bonds. The quantitative estimate of drug-likeness (QED) is 0.500. The van der Waals surface area contributed by atoms with Crippen LogP contribution in [0.4, 0.5) is 0 Å². The normalized spacial score (nSPS) is 27.6. The van der Waals surface area contributed by atoms with E-state index in [1.54, 1.807) is 13.2 Å². The Hall–Kier alpha value is -0.670. The molecule has 1 fully saturated rings. The third-order valence-electron chi connectivity index (χ3n) is 2.59. The fourth-order valence-corrected chi connectivity index (χ4v) is 1.82. The molecule has 1 aliphatic rings. The van der Waals surface area contributed by atoms with Crippen LogP contribution in [-0.4, -0.2) is 25.8 Å². The Morgan fingerprint density at radius 1 is 1.64 bits per heavy atom. The van der Waals surface area contributed by atoms with Crippen LogP contribution >= 0.6 is 0 Å². The number of allylic oxidation sites excluding steroid dienone is 1. The van der Waals surface area contributed by atoms with Crippen molar-refractivity contribution in [1.82, 2.24) is 0 Å². The topological polar surface area (TPSA) is 35.5 Å². The predicted octanol–water partition coefficient (Wildman–Crippen LogP) is 1.92. The van der Waals surface area contributed by atoms with Crippen molar-refractivity contribution in [3.63, 3.8) is 0 Å². The molecule has 3 heteroatoms. The van der Waals surface area contributed by atoms with E-state index < -0.39 is 0 Å².